The Labute approximate surface area is 92.1 Å². The van der Waals surface area contributed by atoms with Gasteiger partial charge in [-0.05, 0) is 17.7 Å². The maximum atomic E-state index is 13.1. The van der Waals surface area contributed by atoms with E-state index in [0.29, 0.717) is 5.56 Å². The van der Waals surface area contributed by atoms with Crippen molar-refractivity contribution in [2.75, 3.05) is 13.2 Å². The van der Waals surface area contributed by atoms with Crippen LogP contribution in [0.3, 0.4) is 0 Å². The van der Waals surface area contributed by atoms with Crippen LogP contribution in [0.5, 0.6) is 0 Å². The molecule has 0 radical (unpaired) electrons. The Morgan fingerprint density at radius 1 is 1.60 bits per heavy atom. The minimum Gasteiger partial charge on any atom is -0.394 e. The molecule has 3 nitrogen and oxygen atoms in total. The van der Waals surface area contributed by atoms with Gasteiger partial charge in [-0.15, -0.1) is 0 Å². The zero-order valence-corrected chi connectivity index (χ0v) is 8.63. The molecule has 0 unspecified atom stereocenters. The normalized spacial score (nSPS) is 12.1. The van der Waals surface area contributed by atoms with Crippen LogP contribution in [0.4, 0.5) is 4.39 Å². The number of nitriles is 1. The predicted molar refractivity (Wildman–Crippen MR) is 54.9 cm³/mol. The molecular weight excluding hydrogens is 219 g/mol. The van der Waals surface area contributed by atoms with Crippen LogP contribution in [0.25, 0.3) is 0 Å². The molecule has 5 heteroatoms. The van der Waals surface area contributed by atoms with Gasteiger partial charge in [0.15, 0.2) is 0 Å². The minimum atomic E-state index is -0.536. The van der Waals surface area contributed by atoms with Gasteiger partial charge in [-0.2, -0.15) is 5.26 Å². The van der Waals surface area contributed by atoms with Crippen molar-refractivity contribution >= 4 is 11.6 Å². The summed E-state index contributed by atoms with van der Waals surface area (Å²) < 4.78 is 13.1. The molecule has 1 aromatic rings. The molecule has 0 amide bonds. The lowest BCUT2D eigenvalue weighted by molar-refractivity contribution is 0.248. The Hall–Kier alpha value is -1.15. The lowest BCUT2D eigenvalue weighted by atomic mass is 10.1. The van der Waals surface area contributed by atoms with E-state index < -0.39 is 11.9 Å². The number of rotatable bonds is 4. The van der Waals surface area contributed by atoms with Crippen LogP contribution in [0.15, 0.2) is 18.2 Å². The second kappa shape index (κ2) is 5.66. The Morgan fingerprint density at radius 3 is 2.87 bits per heavy atom. The topological polar surface area (TPSA) is 56.0 Å². The van der Waals surface area contributed by atoms with Gasteiger partial charge in [-0.3, -0.25) is 5.32 Å². The molecule has 1 rings (SSSR count). The van der Waals surface area contributed by atoms with Crippen LogP contribution in [-0.2, 0) is 0 Å². The third-order valence-electron chi connectivity index (χ3n) is 1.96. The summed E-state index contributed by atoms with van der Waals surface area (Å²) in [5, 5.41) is 20.2. The molecule has 1 aromatic carbocycles. The van der Waals surface area contributed by atoms with Gasteiger partial charge in [0.05, 0.1) is 30.3 Å². The van der Waals surface area contributed by atoms with Crippen LogP contribution < -0.4 is 5.32 Å². The molecule has 0 saturated heterocycles. The first-order valence-electron chi connectivity index (χ1n) is 4.35. The fourth-order valence-electron chi connectivity index (χ4n) is 1.19. The molecule has 15 heavy (non-hydrogen) atoms. The van der Waals surface area contributed by atoms with Crippen LogP contribution >= 0.6 is 11.6 Å². The average molecular weight is 229 g/mol. The van der Waals surface area contributed by atoms with Gasteiger partial charge in [-0.1, -0.05) is 17.7 Å². The van der Waals surface area contributed by atoms with Crippen molar-refractivity contribution in [1.82, 2.24) is 5.32 Å². The van der Waals surface area contributed by atoms with E-state index in [0.717, 1.165) is 0 Å². The van der Waals surface area contributed by atoms with Crippen molar-refractivity contribution in [2.24, 2.45) is 0 Å². The van der Waals surface area contributed by atoms with E-state index in [1.54, 1.807) is 6.07 Å². The maximum absolute atomic E-state index is 13.1. The SMILES string of the molecule is N#CCN[C@H](CO)c1ccc(Cl)c(F)c1. The number of hydrogen-bond donors (Lipinski definition) is 2. The smallest absolute Gasteiger partial charge is 0.142 e. The van der Waals surface area contributed by atoms with E-state index in [2.05, 4.69) is 5.32 Å². The van der Waals surface area contributed by atoms with Gasteiger partial charge in [-0.25, -0.2) is 4.39 Å². The van der Waals surface area contributed by atoms with Gasteiger partial charge in [0, 0.05) is 0 Å². The third-order valence-corrected chi connectivity index (χ3v) is 2.26. The molecule has 0 bridgehead atoms. The fraction of sp³-hybridized carbons (Fsp3) is 0.300. The highest BCUT2D eigenvalue weighted by atomic mass is 35.5. The molecule has 2 N–H and O–H groups in total. The Bertz CT molecular complexity index is 378. The van der Waals surface area contributed by atoms with Gasteiger partial charge >= 0.3 is 0 Å². The van der Waals surface area contributed by atoms with Crippen molar-refractivity contribution in [2.45, 2.75) is 6.04 Å². The molecular formula is C10H10ClFN2O. The molecule has 0 aliphatic heterocycles. The van der Waals surface area contributed by atoms with Crippen LogP contribution in [-0.4, -0.2) is 18.3 Å². The Kier molecular flexibility index (Phi) is 4.50. The van der Waals surface area contributed by atoms with Crippen molar-refractivity contribution in [3.05, 3.63) is 34.6 Å². The van der Waals surface area contributed by atoms with Crippen molar-refractivity contribution < 1.29 is 9.50 Å². The molecule has 0 saturated carbocycles. The van der Waals surface area contributed by atoms with Crippen molar-refractivity contribution in [1.29, 1.82) is 5.26 Å². The Morgan fingerprint density at radius 2 is 2.33 bits per heavy atom. The summed E-state index contributed by atoms with van der Waals surface area (Å²) in [5.41, 5.74) is 0.564. The second-order valence-electron chi connectivity index (χ2n) is 2.95. The Balaban J connectivity index is 2.83. The summed E-state index contributed by atoms with van der Waals surface area (Å²) in [6.07, 6.45) is 0. The lowest BCUT2D eigenvalue weighted by Crippen LogP contribution is -2.24. The monoisotopic (exact) mass is 228 g/mol. The van der Waals surface area contributed by atoms with Crippen molar-refractivity contribution in [3.8, 4) is 6.07 Å². The molecule has 1 atom stereocenters. The zero-order chi connectivity index (χ0) is 11.3. The predicted octanol–water partition coefficient (Wildman–Crippen LogP) is 1.63. The molecule has 0 aliphatic carbocycles. The number of hydrogen-bond acceptors (Lipinski definition) is 3. The maximum Gasteiger partial charge on any atom is 0.142 e. The molecule has 80 valence electrons. The van der Waals surface area contributed by atoms with Crippen molar-refractivity contribution in [3.63, 3.8) is 0 Å². The highest BCUT2D eigenvalue weighted by molar-refractivity contribution is 6.30. The summed E-state index contributed by atoms with van der Waals surface area (Å²) >= 11 is 5.52. The summed E-state index contributed by atoms with van der Waals surface area (Å²) in [6, 6.07) is 5.71. The number of nitrogens with one attached hydrogen (secondary N) is 1. The largest absolute Gasteiger partial charge is 0.394 e. The zero-order valence-electron chi connectivity index (χ0n) is 7.87. The van der Waals surface area contributed by atoms with E-state index in [1.807, 2.05) is 6.07 Å². The number of nitrogens with zero attached hydrogens (tertiary/aromatic N) is 1. The number of benzene rings is 1. The molecule has 0 spiro atoms. The third kappa shape index (κ3) is 3.17. The molecule has 0 aromatic heterocycles. The lowest BCUT2D eigenvalue weighted by Gasteiger charge is -2.14. The second-order valence-corrected chi connectivity index (χ2v) is 3.35. The quantitative estimate of drug-likeness (QED) is 0.770. The molecule has 0 aliphatic rings. The first-order chi connectivity index (χ1) is 7.19. The summed E-state index contributed by atoms with van der Waals surface area (Å²) in [6.45, 7) is -0.113. The number of halogens is 2. The highest BCUT2D eigenvalue weighted by Crippen LogP contribution is 2.19. The van der Waals surface area contributed by atoms with Gasteiger partial charge in [0.2, 0.25) is 0 Å². The summed E-state index contributed by atoms with van der Waals surface area (Å²) in [5.74, 6) is -0.536. The fourth-order valence-corrected chi connectivity index (χ4v) is 1.30. The van der Waals surface area contributed by atoms with E-state index >= 15 is 0 Å². The highest BCUT2D eigenvalue weighted by Gasteiger charge is 2.11. The molecule has 0 fully saturated rings. The first-order valence-corrected chi connectivity index (χ1v) is 4.73. The van der Waals surface area contributed by atoms with E-state index in [1.165, 1.54) is 12.1 Å². The molecule has 0 heterocycles. The summed E-state index contributed by atoms with van der Waals surface area (Å²) in [7, 11) is 0. The standard InChI is InChI=1S/C10H10ClFN2O/c11-8-2-1-7(5-9(8)12)10(6-15)14-4-3-13/h1-2,5,10,14-15H,4,6H2/t10-/m1/s1. The number of aliphatic hydroxyl groups is 1. The van der Waals surface area contributed by atoms with Crippen LogP contribution in [0.2, 0.25) is 5.02 Å². The minimum absolute atomic E-state index is 0.0377. The van der Waals surface area contributed by atoms with Gasteiger partial charge in [0.25, 0.3) is 0 Å². The summed E-state index contributed by atoms with van der Waals surface area (Å²) in [4.78, 5) is 0. The van der Waals surface area contributed by atoms with Crippen LogP contribution in [0.1, 0.15) is 11.6 Å². The van der Waals surface area contributed by atoms with Crippen LogP contribution in [0, 0.1) is 17.1 Å². The van der Waals surface area contributed by atoms with Gasteiger partial charge in [0.1, 0.15) is 5.82 Å². The number of aliphatic hydroxyl groups excluding tert-OH is 1. The van der Waals surface area contributed by atoms with Gasteiger partial charge < -0.3 is 5.11 Å². The van der Waals surface area contributed by atoms with E-state index in [9.17, 15) is 4.39 Å². The average Bonchev–Trinajstić information content (AvgIpc) is 2.24. The van der Waals surface area contributed by atoms with E-state index in [-0.39, 0.29) is 18.2 Å². The van der Waals surface area contributed by atoms with E-state index in [4.69, 9.17) is 22.0 Å². The first kappa shape index (κ1) is 11.9.